The van der Waals surface area contributed by atoms with Gasteiger partial charge in [0.15, 0.2) is 0 Å². The van der Waals surface area contributed by atoms with Gasteiger partial charge in [0, 0.05) is 6.07 Å². The van der Waals surface area contributed by atoms with Crippen molar-refractivity contribution in [2.24, 2.45) is 5.73 Å². The Labute approximate surface area is 115 Å². The van der Waals surface area contributed by atoms with Crippen LogP contribution in [0.5, 0.6) is 11.5 Å². The minimum Gasteiger partial charge on any atom is -0.508 e. The fraction of sp³-hybridized carbons (Fsp3) is 0.600. The molecule has 1 aliphatic rings. The van der Waals surface area contributed by atoms with E-state index >= 15 is 0 Å². The van der Waals surface area contributed by atoms with Gasteiger partial charge >= 0.3 is 0 Å². The molecule has 0 radical (unpaired) electrons. The average molecular weight is 266 g/mol. The highest BCUT2D eigenvalue weighted by atomic mass is 16.3. The smallest absolute Gasteiger partial charge is 0.122 e. The predicted octanol–water partition coefficient (Wildman–Crippen LogP) is 2.31. The number of piperidine rings is 1. The van der Waals surface area contributed by atoms with E-state index in [0.29, 0.717) is 5.92 Å². The van der Waals surface area contributed by atoms with Crippen molar-refractivity contribution in [3.05, 3.63) is 23.8 Å². The molecule has 0 spiro atoms. The quantitative estimate of drug-likeness (QED) is 0.677. The molecule has 1 aromatic rings. The summed E-state index contributed by atoms with van der Waals surface area (Å²) in [6, 6.07) is 4.87. The number of nitrogens with two attached hydrogens (primary N) is 1. The number of hydrogen-bond donors (Lipinski definition) is 4. The highest BCUT2D eigenvalue weighted by Crippen LogP contribution is 2.33. The van der Waals surface area contributed by atoms with Gasteiger partial charge in [-0.15, -0.1) is 0 Å². The van der Waals surface area contributed by atoms with Crippen molar-refractivity contribution in [3.8, 4) is 11.5 Å². The van der Waals surface area contributed by atoms with Gasteiger partial charge in [0.05, 0.1) is 0 Å². The van der Waals surface area contributed by atoms with E-state index < -0.39 is 0 Å². The van der Waals surface area contributed by atoms with Crippen LogP contribution in [0.25, 0.3) is 0 Å². The molecule has 1 saturated heterocycles. The normalized spacial score (nSPS) is 15.7. The Balaban J connectivity index is 0.000000312. The van der Waals surface area contributed by atoms with E-state index in [0.717, 1.165) is 38.0 Å². The lowest BCUT2D eigenvalue weighted by Gasteiger charge is -2.23. The van der Waals surface area contributed by atoms with E-state index in [1.165, 1.54) is 18.9 Å². The first kappa shape index (κ1) is 15.8. The molecular formula is C15H26N2O2. The number of benzene rings is 1. The first-order chi connectivity index (χ1) is 9.19. The molecule has 0 aromatic heterocycles. The second kappa shape index (κ2) is 8.77. The molecular weight excluding hydrogens is 240 g/mol. The van der Waals surface area contributed by atoms with Gasteiger partial charge in [-0.1, -0.05) is 19.4 Å². The van der Waals surface area contributed by atoms with Gasteiger partial charge in [0.1, 0.15) is 11.5 Å². The van der Waals surface area contributed by atoms with Crippen molar-refractivity contribution in [2.45, 2.75) is 38.5 Å². The van der Waals surface area contributed by atoms with Crippen molar-refractivity contribution < 1.29 is 10.2 Å². The Bertz CT molecular complexity index is 361. The van der Waals surface area contributed by atoms with Gasteiger partial charge in [-0.25, -0.2) is 0 Å². The van der Waals surface area contributed by atoms with E-state index in [2.05, 4.69) is 12.2 Å². The Morgan fingerprint density at radius 2 is 1.95 bits per heavy atom. The Morgan fingerprint density at radius 1 is 1.26 bits per heavy atom. The summed E-state index contributed by atoms with van der Waals surface area (Å²) in [6.07, 6.45) is 4.49. The molecule has 108 valence electrons. The van der Waals surface area contributed by atoms with Crippen LogP contribution in [0.3, 0.4) is 0 Å². The summed E-state index contributed by atoms with van der Waals surface area (Å²) in [5.74, 6) is 0.772. The van der Waals surface area contributed by atoms with Crippen molar-refractivity contribution >= 4 is 0 Å². The molecule has 0 saturated carbocycles. The predicted molar refractivity (Wildman–Crippen MR) is 78.6 cm³/mol. The van der Waals surface area contributed by atoms with Gasteiger partial charge in [0.2, 0.25) is 0 Å². The maximum atomic E-state index is 9.66. The van der Waals surface area contributed by atoms with Gasteiger partial charge in [-0.3, -0.25) is 0 Å². The van der Waals surface area contributed by atoms with Crippen LogP contribution in [-0.4, -0.2) is 29.8 Å². The summed E-state index contributed by atoms with van der Waals surface area (Å²) in [5, 5.41) is 22.1. The first-order valence-electron chi connectivity index (χ1n) is 7.11. The van der Waals surface area contributed by atoms with Crippen LogP contribution < -0.4 is 11.1 Å². The molecule has 0 unspecified atom stereocenters. The molecule has 19 heavy (non-hydrogen) atoms. The lowest BCUT2D eigenvalue weighted by molar-refractivity contribution is 0.417. The van der Waals surface area contributed by atoms with E-state index in [4.69, 9.17) is 10.8 Å². The number of hydrogen-bond acceptors (Lipinski definition) is 4. The van der Waals surface area contributed by atoms with Crippen LogP contribution in [0, 0.1) is 0 Å². The number of nitrogens with one attached hydrogen (secondary N) is 1. The minimum absolute atomic E-state index is 0.125. The lowest BCUT2D eigenvalue weighted by Crippen LogP contribution is -2.26. The van der Waals surface area contributed by atoms with E-state index in [1.54, 1.807) is 6.07 Å². The lowest BCUT2D eigenvalue weighted by atomic mass is 9.89. The summed E-state index contributed by atoms with van der Waals surface area (Å²) in [6.45, 7) is 4.99. The zero-order chi connectivity index (χ0) is 14.1. The van der Waals surface area contributed by atoms with E-state index in [1.807, 2.05) is 6.07 Å². The number of phenolic OH excluding ortho intramolecular Hbond substituents is 2. The molecule has 1 aromatic carbocycles. The third kappa shape index (κ3) is 5.49. The first-order valence-corrected chi connectivity index (χ1v) is 7.11. The summed E-state index contributed by atoms with van der Waals surface area (Å²) >= 11 is 0. The number of phenols is 2. The van der Waals surface area contributed by atoms with Crippen molar-refractivity contribution in [3.63, 3.8) is 0 Å². The highest BCUT2D eigenvalue weighted by molar-refractivity contribution is 5.41. The van der Waals surface area contributed by atoms with E-state index in [-0.39, 0.29) is 11.5 Å². The molecule has 0 atom stereocenters. The summed E-state index contributed by atoms with van der Waals surface area (Å²) in [7, 11) is 0. The monoisotopic (exact) mass is 266 g/mol. The molecule has 1 aliphatic heterocycles. The fourth-order valence-corrected chi connectivity index (χ4v) is 2.21. The summed E-state index contributed by atoms with van der Waals surface area (Å²) < 4.78 is 0. The van der Waals surface area contributed by atoms with Crippen LogP contribution in [-0.2, 0) is 0 Å². The zero-order valence-electron chi connectivity index (χ0n) is 11.7. The van der Waals surface area contributed by atoms with Crippen LogP contribution in [0.15, 0.2) is 18.2 Å². The Morgan fingerprint density at radius 3 is 2.42 bits per heavy atom. The molecule has 0 bridgehead atoms. The molecule has 1 fully saturated rings. The second-order valence-corrected chi connectivity index (χ2v) is 4.91. The Hall–Kier alpha value is -1.26. The highest BCUT2D eigenvalue weighted by Gasteiger charge is 2.18. The Kier molecular flexibility index (Phi) is 7.30. The topological polar surface area (TPSA) is 78.5 Å². The maximum absolute atomic E-state index is 9.66. The zero-order valence-corrected chi connectivity index (χ0v) is 11.7. The molecule has 0 amide bonds. The molecule has 2 rings (SSSR count). The second-order valence-electron chi connectivity index (χ2n) is 4.91. The SMILES string of the molecule is CCCCN.Oc1ccc(C2CCNCC2)c(O)c1. The van der Waals surface area contributed by atoms with Crippen LogP contribution in [0.2, 0.25) is 0 Å². The van der Waals surface area contributed by atoms with Crippen molar-refractivity contribution in [1.82, 2.24) is 5.32 Å². The third-order valence-electron chi connectivity index (χ3n) is 3.35. The van der Waals surface area contributed by atoms with Gasteiger partial charge in [0.25, 0.3) is 0 Å². The van der Waals surface area contributed by atoms with Crippen molar-refractivity contribution in [2.75, 3.05) is 19.6 Å². The van der Waals surface area contributed by atoms with Crippen LogP contribution in [0.1, 0.15) is 44.1 Å². The summed E-state index contributed by atoms with van der Waals surface area (Å²) in [4.78, 5) is 0. The van der Waals surface area contributed by atoms with Crippen LogP contribution >= 0.6 is 0 Å². The third-order valence-corrected chi connectivity index (χ3v) is 3.35. The molecule has 5 N–H and O–H groups in total. The number of unbranched alkanes of at least 4 members (excludes halogenated alkanes) is 1. The molecule has 4 heteroatoms. The average Bonchev–Trinajstić information content (AvgIpc) is 2.41. The summed E-state index contributed by atoms with van der Waals surface area (Å²) in [5.41, 5.74) is 6.10. The minimum atomic E-state index is 0.125. The number of aromatic hydroxyl groups is 2. The van der Waals surface area contributed by atoms with Gasteiger partial charge < -0.3 is 21.3 Å². The molecule has 0 aliphatic carbocycles. The van der Waals surface area contributed by atoms with Crippen LogP contribution in [0.4, 0.5) is 0 Å². The van der Waals surface area contributed by atoms with Crippen molar-refractivity contribution in [1.29, 1.82) is 0 Å². The largest absolute Gasteiger partial charge is 0.508 e. The van der Waals surface area contributed by atoms with Gasteiger partial charge in [-0.2, -0.15) is 0 Å². The molecule has 1 heterocycles. The molecule has 4 nitrogen and oxygen atoms in total. The van der Waals surface area contributed by atoms with E-state index in [9.17, 15) is 5.11 Å². The standard InChI is InChI=1S/C11H15NO2.C4H11N/c13-9-1-2-10(11(14)7-9)8-3-5-12-6-4-8;1-2-3-4-5/h1-2,7-8,12-14H,3-6H2;2-5H2,1H3. The fourth-order valence-electron chi connectivity index (χ4n) is 2.21. The maximum Gasteiger partial charge on any atom is 0.122 e. The van der Waals surface area contributed by atoms with Gasteiger partial charge in [-0.05, 0) is 56.4 Å². The number of rotatable bonds is 3.